The first-order chi connectivity index (χ1) is 6.01. The smallest absolute Gasteiger partial charge is 0.150 e. The van der Waals surface area contributed by atoms with Gasteiger partial charge in [-0.25, -0.2) is 4.21 Å². The van der Waals surface area contributed by atoms with Crippen LogP contribution in [0.1, 0.15) is 10.4 Å². The fourth-order valence-electron chi connectivity index (χ4n) is 0.909. The molecule has 3 nitrogen and oxygen atoms in total. The molecule has 0 spiro atoms. The highest BCUT2D eigenvalue weighted by molar-refractivity contribution is 7.92. The Morgan fingerprint density at radius 3 is 2.62 bits per heavy atom. The fourth-order valence-corrected chi connectivity index (χ4v) is 1.53. The van der Waals surface area contributed by atoms with E-state index in [0.717, 1.165) is 6.29 Å². The van der Waals surface area contributed by atoms with E-state index in [0.29, 0.717) is 11.3 Å². The molecular formula is C9H11NO2S. The second kappa shape index (κ2) is 3.70. The normalized spacial score (nSPS) is 10.9. The molecule has 0 aliphatic heterocycles. The Morgan fingerprint density at radius 2 is 2.08 bits per heavy atom. The van der Waals surface area contributed by atoms with E-state index in [9.17, 15) is 9.00 Å². The minimum absolute atomic E-state index is 0.546. The molecule has 0 N–H and O–H groups in total. The Hall–Kier alpha value is -1.16. The van der Waals surface area contributed by atoms with Crippen LogP contribution >= 0.6 is 0 Å². The van der Waals surface area contributed by atoms with Crippen molar-refractivity contribution in [1.82, 2.24) is 0 Å². The van der Waals surface area contributed by atoms with Crippen molar-refractivity contribution in [2.24, 2.45) is 4.36 Å². The summed E-state index contributed by atoms with van der Waals surface area (Å²) in [7, 11) is -2.14. The van der Waals surface area contributed by atoms with E-state index in [1.807, 2.05) is 0 Å². The van der Waals surface area contributed by atoms with Gasteiger partial charge >= 0.3 is 0 Å². The molecule has 1 aromatic carbocycles. The van der Waals surface area contributed by atoms with Crippen molar-refractivity contribution in [3.63, 3.8) is 0 Å². The van der Waals surface area contributed by atoms with Gasteiger partial charge in [0.2, 0.25) is 0 Å². The van der Waals surface area contributed by atoms with Crippen molar-refractivity contribution in [3.05, 3.63) is 29.8 Å². The number of carbonyl (C=O) groups is 1. The Kier molecular flexibility index (Phi) is 2.83. The fraction of sp³-hybridized carbons (Fsp3) is 0.222. The van der Waals surface area contributed by atoms with E-state index < -0.39 is 9.73 Å². The molecule has 0 saturated heterocycles. The maximum Gasteiger partial charge on any atom is 0.150 e. The number of nitrogens with zero attached hydrogens (tertiary/aromatic N) is 1. The van der Waals surface area contributed by atoms with Gasteiger partial charge in [-0.2, -0.15) is 4.36 Å². The molecule has 0 radical (unpaired) electrons. The van der Waals surface area contributed by atoms with Crippen LogP contribution in [0.15, 0.2) is 28.6 Å². The van der Waals surface area contributed by atoms with Crippen LogP contribution in [0.3, 0.4) is 0 Å². The van der Waals surface area contributed by atoms with Crippen molar-refractivity contribution in [1.29, 1.82) is 0 Å². The Bertz CT molecular complexity index is 423. The number of rotatable bonds is 2. The molecule has 13 heavy (non-hydrogen) atoms. The lowest BCUT2D eigenvalue weighted by Gasteiger charge is -1.96. The van der Waals surface area contributed by atoms with Gasteiger partial charge in [0.1, 0.15) is 6.29 Å². The van der Waals surface area contributed by atoms with Gasteiger partial charge in [-0.1, -0.05) is 12.1 Å². The molecule has 0 aromatic heterocycles. The summed E-state index contributed by atoms with van der Waals surface area (Å²) in [4.78, 5) is 10.4. The highest BCUT2D eigenvalue weighted by atomic mass is 32.2. The van der Waals surface area contributed by atoms with Crippen LogP contribution in [-0.2, 0) is 9.73 Å². The predicted molar refractivity (Wildman–Crippen MR) is 53.9 cm³/mol. The maximum absolute atomic E-state index is 11.3. The third-order valence-corrected chi connectivity index (χ3v) is 1.98. The van der Waals surface area contributed by atoms with Crippen LogP contribution in [0.5, 0.6) is 0 Å². The van der Waals surface area contributed by atoms with Crippen LogP contribution < -0.4 is 0 Å². The minimum atomic E-state index is -2.14. The Balaban J connectivity index is 3.18. The zero-order chi connectivity index (χ0) is 9.90. The second-order valence-corrected chi connectivity index (χ2v) is 5.53. The Morgan fingerprint density at radius 1 is 1.38 bits per heavy atom. The zero-order valence-corrected chi connectivity index (χ0v) is 8.38. The largest absolute Gasteiger partial charge is 0.298 e. The summed E-state index contributed by atoms with van der Waals surface area (Å²) < 4.78 is 15.3. The van der Waals surface area contributed by atoms with Gasteiger partial charge in [0.25, 0.3) is 0 Å². The lowest BCUT2D eigenvalue weighted by Crippen LogP contribution is -1.89. The molecule has 70 valence electrons. The van der Waals surface area contributed by atoms with E-state index >= 15 is 0 Å². The topological polar surface area (TPSA) is 46.5 Å². The van der Waals surface area contributed by atoms with E-state index in [2.05, 4.69) is 4.36 Å². The zero-order valence-electron chi connectivity index (χ0n) is 7.56. The number of carbonyl (C=O) groups excluding carboxylic acids is 1. The molecule has 0 atom stereocenters. The average Bonchev–Trinajstić information content (AvgIpc) is 2.01. The van der Waals surface area contributed by atoms with Gasteiger partial charge in [0.05, 0.1) is 5.69 Å². The van der Waals surface area contributed by atoms with E-state index in [4.69, 9.17) is 0 Å². The number of aldehydes is 1. The van der Waals surface area contributed by atoms with Crippen molar-refractivity contribution in [2.45, 2.75) is 0 Å². The minimum Gasteiger partial charge on any atom is -0.298 e. The van der Waals surface area contributed by atoms with Crippen molar-refractivity contribution in [2.75, 3.05) is 12.5 Å². The third kappa shape index (κ3) is 3.38. The van der Waals surface area contributed by atoms with Crippen molar-refractivity contribution in [3.8, 4) is 0 Å². The van der Waals surface area contributed by atoms with E-state index in [1.54, 1.807) is 36.8 Å². The first-order valence-corrected chi connectivity index (χ1v) is 6.07. The van der Waals surface area contributed by atoms with Crippen LogP contribution in [0.4, 0.5) is 5.69 Å². The summed E-state index contributed by atoms with van der Waals surface area (Å²) in [5, 5.41) is 0. The SMILES string of the molecule is CS(C)(=O)=Nc1cccc(C=O)c1. The second-order valence-electron chi connectivity index (χ2n) is 2.99. The molecule has 0 unspecified atom stereocenters. The monoisotopic (exact) mass is 197 g/mol. The lowest BCUT2D eigenvalue weighted by molar-refractivity contribution is 0.112. The summed E-state index contributed by atoms with van der Waals surface area (Å²) in [6, 6.07) is 6.73. The standard InChI is InChI=1S/C9H11NO2S/c1-13(2,12)10-9-5-3-4-8(6-9)7-11/h3-7H,1-2H3. The summed E-state index contributed by atoms with van der Waals surface area (Å²) in [5.74, 6) is 0. The van der Waals surface area contributed by atoms with Gasteiger partial charge < -0.3 is 0 Å². The molecule has 1 aromatic rings. The van der Waals surface area contributed by atoms with Gasteiger partial charge in [-0.15, -0.1) is 0 Å². The molecule has 0 aliphatic carbocycles. The number of hydrogen-bond acceptors (Lipinski definition) is 3. The maximum atomic E-state index is 11.3. The lowest BCUT2D eigenvalue weighted by atomic mass is 10.2. The van der Waals surface area contributed by atoms with Crippen molar-refractivity contribution >= 4 is 21.7 Å². The summed E-state index contributed by atoms with van der Waals surface area (Å²) in [6.07, 6.45) is 3.85. The number of hydrogen-bond donors (Lipinski definition) is 0. The molecule has 0 heterocycles. The van der Waals surface area contributed by atoms with E-state index in [1.165, 1.54) is 0 Å². The van der Waals surface area contributed by atoms with Crippen LogP contribution in [-0.4, -0.2) is 23.0 Å². The quantitative estimate of drug-likeness (QED) is 0.679. The average molecular weight is 197 g/mol. The molecule has 0 amide bonds. The highest BCUT2D eigenvalue weighted by Crippen LogP contribution is 2.14. The summed E-state index contributed by atoms with van der Waals surface area (Å²) >= 11 is 0. The van der Waals surface area contributed by atoms with Gasteiger partial charge in [0.15, 0.2) is 0 Å². The first kappa shape index (κ1) is 9.92. The molecule has 0 saturated carbocycles. The first-order valence-electron chi connectivity index (χ1n) is 3.74. The van der Waals surface area contributed by atoms with Gasteiger partial charge in [-0.3, -0.25) is 4.79 Å². The molecular weight excluding hydrogens is 186 g/mol. The molecule has 1 rings (SSSR count). The molecule has 4 heteroatoms. The molecule has 0 aliphatic rings. The number of benzene rings is 1. The third-order valence-electron chi connectivity index (χ3n) is 1.33. The van der Waals surface area contributed by atoms with E-state index in [-0.39, 0.29) is 0 Å². The molecule has 0 fully saturated rings. The predicted octanol–water partition coefficient (Wildman–Crippen LogP) is 1.86. The highest BCUT2D eigenvalue weighted by Gasteiger charge is 1.95. The molecule has 0 bridgehead atoms. The van der Waals surface area contributed by atoms with Gasteiger partial charge in [-0.05, 0) is 12.1 Å². The van der Waals surface area contributed by atoms with Gasteiger partial charge in [0, 0.05) is 27.8 Å². The van der Waals surface area contributed by atoms with Crippen LogP contribution in [0.2, 0.25) is 0 Å². The van der Waals surface area contributed by atoms with Crippen molar-refractivity contribution < 1.29 is 9.00 Å². The Labute approximate surface area is 78.0 Å². The van der Waals surface area contributed by atoms with Crippen LogP contribution in [0, 0.1) is 0 Å². The summed E-state index contributed by atoms with van der Waals surface area (Å²) in [5.41, 5.74) is 1.13. The van der Waals surface area contributed by atoms with Crippen LogP contribution in [0.25, 0.3) is 0 Å². The summed E-state index contributed by atoms with van der Waals surface area (Å²) in [6.45, 7) is 0.